The number of rotatable bonds is 10. The molecule has 0 saturated heterocycles. The minimum Gasteiger partial charge on any atom is -0.493 e. The highest BCUT2D eigenvalue weighted by Crippen LogP contribution is 2.27. The fourth-order valence-corrected chi connectivity index (χ4v) is 3.02. The molecule has 0 amide bonds. The highest BCUT2D eigenvalue weighted by molar-refractivity contribution is 5.79. The van der Waals surface area contributed by atoms with Gasteiger partial charge in [-0.05, 0) is 57.4 Å². The molecule has 2 rings (SSSR count). The van der Waals surface area contributed by atoms with Crippen LogP contribution in [0.3, 0.4) is 0 Å². The minimum atomic E-state index is 0.747. The highest BCUT2D eigenvalue weighted by Gasteiger charge is 2.05. The van der Waals surface area contributed by atoms with Crippen LogP contribution in [0.4, 0.5) is 0 Å². The number of aromatic nitrogens is 2. The summed E-state index contributed by atoms with van der Waals surface area (Å²) in [7, 11) is 3.30. The van der Waals surface area contributed by atoms with Gasteiger partial charge < -0.3 is 20.1 Å². The highest BCUT2D eigenvalue weighted by atomic mass is 16.5. The van der Waals surface area contributed by atoms with Crippen LogP contribution in [0.2, 0.25) is 0 Å². The molecule has 0 saturated carbocycles. The maximum Gasteiger partial charge on any atom is 0.191 e. The summed E-state index contributed by atoms with van der Waals surface area (Å²) in [5.41, 5.74) is 3.44. The van der Waals surface area contributed by atoms with Crippen LogP contribution < -0.4 is 20.1 Å². The Morgan fingerprint density at radius 2 is 1.89 bits per heavy atom. The van der Waals surface area contributed by atoms with Crippen molar-refractivity contribution < 1.29 is 9.47 Å². The van der Waals surface area contributed by atoms with Crippen LogP contribution in [-0.4, -0.2) is 49.6 Å². The Hall–Kier alpha value is -2.70. The van der Waals surface area contributed by atoms with E-state index in [1.807, 2.05) is 23.7 Å². The molecule has 2 N–H and O–H groups in total. The van der Waals surface area contributed by atoms with E-state index in [1.165, 1.54) is 11.3 Å². The van der Waals surface area contributed by atoms with E-state index in [9.17, 15) is 0 Å². The number of hydrogen-bond acceptors (Lipinski definition) is 4. The van der Waals surface area contributed by atoms with Crippen molar-refractivity contribution in [1.82, 2.24) is 20.4 Å². The maximum absolute atomic E-state index is 5.37. The van der Waals surface area contributed by atoms with E-state index in [4.69, 9.17) is 9.47 Å². The number of nitrogens with one attached hydrogen (secondary N) is 2. The largest absolute Gasteiger partial charge is 0.493 e. The SMILES string of the molecule is CCNC(=NCCCn1nc(C)cc1C)NCCc1ccc(OC)c(OC)c1. The summed E-state index contributed by atoms with van der Waals surface area (Å²) in [4.78, 5) is 4.67. The van der Waals surface area contributed by atoms with Gasteiger partial charge in [-0.2, -0.15) is 5.10 Å². The van der Waals surface area contributed by atoms with Crippen molar-refractivity contribution in [2.45, 2.75) is 40.2 Å². The molecule has 0 atom stereocenters. The predicted octanol–water partition coefficient (Wildman–Crippen LogP) is 2.71. The van der Waals surface area contributed by atoms with E-state index in [2.05, 4.69) is 46.7 Å². The number of guanidine groups is 1. The normalized spacial score (nSPS) is 11.4. The molecule has 1 aromatic heterocycles. The summed E-state index contributed by atoms with van der Waals surface area (Å²) in [6.07, 6.45) is 1.82. The third kappa shape index (κ3) is 6.48. The first-order valence-electron chi connectivity index (χ1n) is 9.81. The summed E-state index contributed by atoms with van der Waals surface area (Å²) in [5.74, 6) is 2.35. The third-order valence-corrected chi connectivity index (χ3v) is 4.40. The standard InChI is InChI=1S/C21H33N5O2/c1-6-22-21(23-11-7-13-26-17(3)14-16(2)25-26)24-12-10-18-8-9-19(27-4)20(15-18)28-5/h8-9,14-15H,6-7,10-13H2,1-5H3,(H2,22,23,24). The first-order valence-corrected chi connectivity index (χ1v) is 9.81. The van der Waals surface area contributed by atoms with Crippen molar-refractivity contribution >= 4 is 5.96 Å². The van der Waals surface area contributed by atoms with Crippen molar-refractivity contribution in [3.05, 3.63) is 41.2 Å². The summed E-state index contributed by atoms with van der Waals surface area (Å²) in [6, 6.07) is 8.11. The molecule has 1 aromatic carbocycles. The van der Waals surface area contributed by atoms with Gasteiger partial charge in [0, 0.05) is 31.9 Å². The van der Waals surface area contributed by atoms with E-state index >= 15 is 0 Å². The second-order valence-electron chi connectivity index (χ2n) is 6.63. The number of aryl methyl sites for hydroxylation is 3. The zero-order chi connectivity index (χ0) is 20.4. The van der Waals surface area contributed by atoms with Crippen LogP contribution in [0.1, 0.15) is 30.3 Å². The molecule has 28 heavy (non-hydrogen) atoms. The van der Waals surface area contributed by atoms with Crippen LogP contribution in [0.5, 0.6) is 11.5 Å². The van der Waals surface area contributed by atoms with Crippen molar-refractivity contribution in [2.24, 2.45) is 4.99 Å². The van der Waals surface area contributed by atoms with Crippen molar-refractivity contribution in [3.8, 4) is 11.5 Å². The summed E-state index contributed by atoms with van der Waals surface area (Å²) >= 11 is 0. The zero-order valence-corrected chi connectivity index (χ0v) is 17.7. The lowest BCUT2D eigenvalue weighted by Gasteiger charge is -2.13. The van der Waals surface area contributed by atoms with Crippen LogP contribution in [-0.2, 0) is 13.0 Å². The monoisotopic (exact) mass is 387 g/mol. The fraction of sp³-hybridized carbons (Fsp3) is 0.524. The number of methoxy groups -OCH3 is 2. The molecule has 1 heterocycles. The molecule has 0 aliphatic rings. The lowest BCUT2D eigenvalue weighted by molar-refractivity contribution is 0.354. The lowest BCUT2D eigenvalue weighted by Crippen LogP contribution is -2.38. The van der Waals surface area contributed by atoms with Gasteiger partial charge in [0.1, 0.15) is 0 Å². The quantitative estimate of drug-likeness (QED) is 0.373. The van der Waals surface area contributed by atoms with Gasteiger partial charge in [-0.1, -0.05) is 6.07 Å². The molecule has 0 radical (unpaired) electrons. The molecule has 0 aliphatic heterocycles. The van der Waals surface area contributed by atoms with Gasteiger partial charge in [0.05, 0.1) is 19.9 Å². The molecule has 0 spiro atoms. The Morgan fingerprint density at radius 3 is 2.54 bits per heavy atom. The molecular weight excluding hydrogens is 354 g/mol. The molecule has 0 bridgehead atoms. The van der Waals surface area contributed by atoms with Gasteiger partial charge in [-0.25, -0.2) is 0 Å². The molecule has 7 nitrogen and oxygen atoms in total. The smallest absolute Gasteiger partial charge is 0.191 e. The second kappa shape index (κ2) is 11.2. The van der Waals surface area contributed by atoms with Crippen LogP contribution in [0.25, 0.3) is 0 Å². The van der Waals surface area contributed by atoms with Crippen molar-refractivity contribution in [1.29, 1.82) is 0 Å². The van der Waals surface area contributed by atoms with Crippen LogP contribution in [0, 0.1) is 13.8 Å². The molecule has 154 valence electrons. The average Bonchev–Trinajstić information content (AvgIpc) is 3.02. The molecule has 0 aliphatic carbocycles. The zero-order valence-electron chi connectivity index (χ0n) is 17.7. The number of benzene rings is 1. The van der Waals surface area contributed by atoms with E-state index < -0.39 is 0 Å². The van der Waals surface area contributed by atoms with Crippen molar-refractivity contribution in [3.63, 3.8) is 0 Å². The molecule has 0 unspecified atom stereocenters. The topological polar surface area (TPSA) is 72.7 Å². The minimum absolute atomic E-state index is 0.747. The number of ether oxygens (including phenoxy) is 2. The number of aliphatic imine (C=N–C) groups is 1. The Balaban J connectivity index is 1.81. The second-order valence-corrected chi connectivity index (χ2v) is 6.63. The van der Waals surface area contributed by atoms with Crippen LogP contribution in [0.15, 0.2) is 29.3 Å². The number of nitrogens with zero attached hydrogens (tertiary/aromatic N) is 3. The van der Waals surface area contributed by atoms with Gasteiger partial charge in [0.15, 0.2) is 17.5 Å². The molecule has 7 heteroatoms. The Kier molecular flexibility index (Phi) is 8.65. The number of hydrogen-bond donors (Lipinski definition) is 2. The van der Waals surface area contributed by atoms with Gasteiger partial charge in [-0.15, -0.1) is 0 Å². The molecule has 2 aromatic rings. The summed E-state index contributed by atoms with van der Waals surface area (Å²) in [6.45, 7) is 9.44. The van der Waals surface area contributed by atoms with E-state index in [-0.39, 0.29) is 0 Å². The predicted molar refractivity (Wildman–Crippen MR) is 114 cm³/mol. The van der Waals surface area contributed by atoms with E-state index in [0.29, 0.717) is 0 Å². The Morgan fingerprint density at radius 1 is 1.11 bits per heavy atom. The van der Waals surface area contributed by atoms with Crippen LogP contribution >= 0.6 is 0 Å². The molecular formula is C21H33N5O2. The van der Waals surface area contributed by atoms with E-state index in [0.717, 1.165) is 62.2 Å². The lowest BCUT2D eigenvalue weighted by atomic mass is 10.1. The van der Waals surface area contributed by atoms with Gasteiger partial charge in [-0.3, -0.25) is 9.67 Å². The Bertz CT molecular complexity index is 770. The third-order valence-electron chi connectivity index (χ3n) is 4.40. The van der Waals surface area contributed by atoms with Gasteiger partial charge >= 0.3 is 0 Å². The first kappa shape index (κ1) is 21.6. The van der Waals surface area contributed by atoms with Crippen molar-refractivity contribution in [2.75, 3.05) is 33.9 Å². The maximum atomic E-state index is 5.37. The van der Waals surface area contributed by atoms with Gasteiger partial charge in [0.25, 0.3) is 0 Å². The molecule has 0 fully saturated rings. The fourth-order valence-electron chi connectivity index (χ4n) is 3.02. The summed E-state index contributed by atoms with van der Waals surface area (Å²) < 4.78 is 12.7. The first-order chi connectivity index (χ1) is 13.6. The van der Waals surface area contributed by atoms with E-state index in [1.54, 1.807) is 14.2 Å². The van der Waals surface area contributed by atoms with Gasteiger partial charge in [0.2, 0.25) is 0 Å². The Labute approximate surface area is 168 Å². The average molecular weight is 388 g/mol. The summed E-state index contributed by atoms with van der Waals surface area (Å²) in [5, 5.41) is 11.2.